The van der Waals surface area contributed by atoms with Crippen molar-refractivity contribution >= 4 is 33.9 Å². The summed E-state index contributed by atoms with van der Waals surface area (Å²) in [6, 6.07) is 17.1. The van der Waals surface area contributed by atoms with Crippen molar-refractivity contribution in [1.29, 1.82) is 0 Å². The number of nitro benzene ring substituents is 1. The van der Waals surface area contributed by atoms with Gasteiger partial charge >= 0.3 is 5.97 Å². The van der Waals surface area contributed by atoms with E-state index in [1.54, 1.807) is 19.1 Å². The van der Waals surface area contributed by atoms with Gasteiger partial charge in [-0.3, -0.25) is 19.8 Å². The number of nitrogens with zero attached hydrogens (tertiary/aromatic N) is 4. The van der Waals surface area contributed by atoms with E-state index in [0.717, 1.165) is 22.7 Å². The number of fused-ring (bicyclic) bond motifs is 1. The van der Waals surface area contributed by atoms with Crippen molar-refractivity contribution in [2.24, 2.45) is 10.9 Å². The third kappa shape index (κ3) is 5.37. The van der Waals surface area contributed by atoms with Crippen LogP contribution in [-0.2, 0) is 22.5 Å². The second kappa shape index (κ2) is 11.1. The largest absolute Gasteiger partial charge is 0.465 e. The number of aliphatic imine (C=N–C) groups is 1. The molecule has 0 radical (unpaired) electrons. The lowest BCUT2D eigenvalue weighted by atomic mass is 9.76. The maximum atomic E-state index is 13.1. The fourth-order valence-electron chi connectivity index (χ4n) is 4.70. The van der Waals surface area contributed by atoms with Crippen molar-refractivity contribution in [2.75, 3.05) is 13.7 Å². The molecule has 9 heteroatoms. The molecule has 2 aromatic carbocycles. The lowest BCUT2D eigenvalue weighted by molar-refractivity contribution is -0.384. The van der Waals surface area contributed by atoms with Gasteiger partial charge < -0.3 is 4.74 Å². The predicted octanol–water partition coefficient (Wildman–Crippen LogP) is 5.53. The third-order valence-corrected chi connectivity index (χ3v) is 7.46. The summed E-state index contributed by atoms with van der Waals surface area (Å²) in [5.74, 6) is -1.53. The van der Waals surface area contributed by atoms with Crippen LogP contribution in [0, 0.1) is 16.0 Å². The van der Waals surface area contributed by atoms with Crippen LogP contribution in [0.3, 0.4) is 0 Å². The highest BCUT2D eigenvalue weighted by molar-refractivity contribution is 7.10. The zero-order chi connectivity index (χ0) is 25.8. The van der Waals surface area contributed by atoms with E-state index >= 15 is 0 Å². The highest BCUT2D eigenvalue weighted by Crippen LogP contribution is 2.47. The first-order valence-corrected chi connectivity index (χ1v) is 12.8. The van der Waals surface area contributed by atoms with E-state index in [0.29, 0.717) is 17.8 Å². The van der Waals surface area contributed by atoms with Gasteiger partial charge in [-0.2, -0.15) is 4.37 Å². The van der Waals surface area contributed by atoms with E-state index in [-0.39, 0.29) is 24.3 Å². The molecule has 36 heavy (non-hydrogen) atoms. The Morgan fingerprint density at radius 3 is 2.67 bits per heavy atom. The van der Waals surface area contributed by atoms with Crippen LogP contribution in [0.4, 0.5) is 10.7 Å². The van der Waals surface area contributed by atoms with Crippen molar-refractivity contribution in [3.63, 3.8) is 0 Å². The quantitative estimate of drug-likeness (QED) is 0.215. The number of non-ortho nitro benzene ring substituents is 1. The number of ether oxygens (including phenoxy) is 1. The molecule has 3 atom stereocenters. The Morgan fingerprint density at radius 1 is 1.22 bits per heavy atom. The number of carbonyl (C=O) groups excluding carboxylic acids is 1. The van der Waals surface area contributed by atoms with Gasteiger partial charge in [-0.1, -0.05) is 42.5 Å². The molecular formula is C27H30N4O4S. The van der Waals surface area contributed by atoms with Crippen LogP contribution >= 0.6 is 11.5 Å². The van der Waals surface area contributed by atoms with Gasteiger partial charge in [-0.05, 0) is 56.9 Å². The van der Waals surface area contributed by atoms with Crippen molar-refractivity contribution in [1.82, 2.24) is 9.27 Å². The Bertz CT molecular complexity index is 1270. The molecule has 1 aliphatic rings. The first-order chi connectivity index (χ1) is 17.3. The van der Waals surface area contributed by atoms with E-state index in [1.165, 1.54) is 23.2 Å². The number of esters is 1. The summed E-state index contributed by atoms with van der Waals surface area (Å²) in [7, 11) is 2.06. The molecule has 2 heterocycles. The number of likely N-dealkylation sites (N-methyl/N-ethyl adjacent to an activating group) is 1. The van der Waals surface area contributed by atoms with Crippen molar-refractivity contribution in [2.45, 2.75) is 45.7 Å². The molecule has 0 saturated heterocycles. The minimum Gasteiger partial charge on any atom is -0.465 e. The lowest BCUT2D eigenvalue weighted by Gasteiger charge is -2.31. The minimum absolute atomic E-state index is 0.0184. The first-order valence-electron chi connectivity index (χ1n) is 12.0. The van der Waals surface area contributed by atoms with Crippen LogP contribution in [0.5, 0.6) is 0 Å². The van der Waals surface area contributed by atoms with E-state index in [2.05, 4.69) is 31.0 Å². The van der Waals surface area contributed by atoms with E-state index in [4.69, 9.17) is 14.1 Å². The first kappa shape index (κ1) is 25.7. The highest BCUT2D eigenvalue weighted by atomic mass is 32.1. The monoisotopic (exact) mass is 506 g/mol. The van der Waals surface area contributed by atoms with Gasteiger partial charge in [0.05, 0.1) is 17.2 Å². The topological polar surface area (TPSA) is 97.9 Å². The summed E-state index contributed by atoms with van der Waals surface area (Å²) in [5.41, 5.74) is 4.23. The minimum atomic E-state index is -0.679. The highest BCUT2D eigenvalue weighted by Gasteiger charge is 2.42. The Morgan fingerprint density at radius 2 is 1.97 bits per heavy atom. The fraction of sp³-hybridized carbons (Fsp3) is 0.370. The Labute approximate surface area is 215 Å². The molecular weight excluding hydrogens is 476 g/mol. The summed E-state index contributed by atoms with van der Waals surface area (Å²) in [6.07, 6.45) is 0.890. The van der Waals surface area contributed by atoms with Crippen molar-refractivity contribution in [3.05, 3.63) is 87.1 Å². The molecule has 3 aromatic rings. The number of carbonyl (C=O) groups is 1. The average Bonchev–Trinajstić information content (AvgIpc) is 3.25. The Balaban J connectivity index is 1.72. The summed E-state index contributed by atoms with van der Waals surface area (Å²) in [4.78, 5) is 31.2. The molecule has 0 fully saturated rings. The van der Waals surface area contributed by atoms with Gasteiger partial charge in [0, 0.05) is 41.9 Å². The van der Waals surface area contributed by atoms with E-state index in [1.807, 2.05) is 31.2 Å². The van der Waals surface area contributed by atoms with Crippen LogP contribution in [0.2, 0.25) is 0 Å². The smallest absolute Gasteiger partial charge is 0.315 e. The SMILES string of the molecule is CCOC(=O)C1C(C)=Nc2snc(CN(C)C(C)Cc3ccccc3)c2C1c1cccc([N+](=O)[O-])c1. The summed E-state index contributed by atoms with van der Waals surface area (Å²) >= 11 is 1.30. The van der Waals surface area contributed by atoms with Crippen LogP contribution in [-0.4, -0.2) is 45.6 Å². The average molecular weight is 507 g/mol. The predicted molar refractivity (Wildman–Crippen MR) is 141 cm³/mol. The summed E-state index contributed by atoms with van der Waals surface area (Å²) < 4.78 is 10.2. The molecule has 1 aromatic heterocycles. The molecule has 0 N–H and O–H groups in total. The van der Waals surface area contributed by atoms with Gasteiger partial charge in [-0.25, -0.2) is 4.99 Å². The molecule has 4 rings (SSSR count). The summed E-state index contributed by atoms with van der Waals surface area (Å²) in [5, 5.41) is 12.3. The van der Waals surface area contributed by atoms with E-state index < -0.39 is 16.8 Å². The zero-order valence-electron chi connectivity index (χ0n) is 20.9. The molecule has 0 spiro atoms. The number of benzene rings is 2. The van der Waals surface area contributed by atoms with E-state index in [9.17, 15) is 14.9 Å². The number of hydrogen-bond acceptors (Lipinski definition) is 8. The molecule has 0 aliphatic carbocycles. The number of aromatic nitrogens is 1. The molecule has 0 bridgehead atoms. The standard InChI is InChI=1S/C27H30N4O4S/c1-5-35-27(32)23-18(3)28-26-25(24(23)20-12-9-13-21(15-20)31(33)34)22(29-36-26)16-30(4)17(2)14-19-10-7-6-8-11-19/h6-13,15,17,23-24H,5,14,16H2,1-4H3. The van der Waals surface area contributed by atoms with Crippen LogP contribution in [0.1, 0.15) is 49.1 Å². The molecule has 8 nitrogen and oxygen atoms in total. The Hall–Kier alpha value is -3.43. The van der Waals surface area contributed by atoms with Gasteiger partial charge in [0.15, 0.2) is 0 Å². The number of nitro groups is 1. The number of rotatable bonds is 9. The fourth-order valence-corrected chi connectivity index (χ4v) is 5.58. The maximum absolute atomic E-state index is 13.1. The van der Waals surface area contributed by atoms with Gasteiger partial charge in [0.25, 0.3) is 5.69 Å². The molecule has 0 saturated carbocycles. The lowest BCUT2D eigenvalue weighted by Crippen LogP contribution is -2.35. The van der Waals surface area contributed by atoms with Crippen molar-refractivity contribution in [3.8, 4) is 0 Å². The zero-order valence-corrected chi connectivity index (χ0v) is 21.7. The van der Waals surface area contributed by atoms with Crippen LogP contribution < -0.4 is 0 Å². The van der Waals surface area contributed by atoms with Crippen LogP contribution in [0.25, 0.3) is 0 Å². The summed E-state index contributed by atoms with van der Waals surface area (Å²) in [6.45, 7) is 6.55. The number of hydrogen-bond donors (Lipinski definition) is 0. The van der Waals surface area contributed by atoms with Gasteiger partial charge in [-0.15, -0.1) is 0 Å². The maximum Gasteiger partial charge on any atom is 0.315 e. The molecule has 0 amide bonds. The molecule has 188 valence electrons. The second-order valence-corrected chi connectivity index (χ2v) is 9.87. The third-order valence-electron chi connectivity index (χ3n) is 6.66. The Kier molecular flexibility index (Phi) is 7.91. The normalized spacial score (nSPS) is 17.9. The molecule has 1 aliphatic heterocycles. The van der Waals surface area contributed by atoms with Gasteiger partial charge in [0.1, 0.15) is 10.9 Å². The molecule has 3 unspecified atom stereocenters. The second-order valence-electron chi connectivity index (χ2n) is 9.11. The van der Waals surface area contributed by atoms with Crippen molar-refractivity contribution < 1.29 is 14.5 Å². The van der Waals surface area contributed by atoms with Gasteiger partial charge in [0.2, 0.25) is 0 Å². The van der Waals surface area contributed by atoms with Crippen LogP contribution in [0.15, 0.2) is 59.6 Å².